The van der Waals surface area contributed by atoms with Crippen molar-refractivity contribution in [1.82, 2.24) is 0 Å². The molecule has 0 bridgehead atoms. The van der Waals surface area contributed by atoms with E-state index in [0.29, 0.717) is 0 Å². The summed E-state index contributed by atoms with van der Waals surface area (Å²) in [5.74, 6) is -2.43. The van der Waals surface area contributed by atoms with Crippen molar-refractivity contribution < 1.29 is 79.9 Å². The van der Waals surface area contributed by atoms with E-state index in [1.165, 1.54) is 0 Å². The Balaban J connectivity index is 1.82. The van der Waals surface area contributed by atoms with E-state index in [1.807, 2.05) is 0 Å². The highest BCUT2D eigenvalue weighted by Crippen LogP contribution is 2.37. The predicted octanol–water partition coefficient (Wildman–Crippen LogP) is -7.57. The summed E-state index contributed by atoms with van der Waals surface area (Å²) >= 11 is 0. The molecular formula is C18H32O16. The third-order valence-electron chi connectivity index (χ3n) is 6.15. The molecule has 0 amide bonds. The summed E-state index contributed by atoms with van der Waals surface area (Å²) in [7, 11) is 0. The number of ether oxygens (including phenoxy) is 5. The van der Waals surface area contributed by atoms with Crippen LogP contribution >= 0.6 is 0 Å². The molecule has 3 fully saturated rings. The van der Waals surface area contributed by atoms with E-state index in [1.54, 1.807) is 0 Å². The van der Waals surface area contributed by atoms with E-state index in [-0.39, 0.29) is 0 Å². The molecule has 0 saturated carbocycles. The molecular weight excluding hydrogens is 472 g/mol. The molecule has 11 N–H and O–H groups in total. The fraction of sp³-hybridized carbons (Fsp3) is 1.00. The maximum atomic E-state index is 10.6. The molecule has 3 saturated heterocycles. The van der Waals surface area contributed by atoms with E-state index >= 15 is 0 Å². The second kappa shape index (κ2) is 11.2. The lowest BCUT2D eigenvalue weighted by Crippen LogP contribution is -2.63. The molecule has 3 aliphatic heterocycles. The van der Waals surface area contributed by atoms with Crippen LogP contribution in [-0.2, 0) is 23.7 Å². The Kier molecular flexibility index (Phi) is 9.18. The van der Waals surface area contributed by atoms with Gasteiger partial charge in [-0.15, -0.1) is 0 Å². The summed E-state index contributed by atoms with van der Waals surface area (Å²) in [5.41, 5.74) is 0. The van der Waals surface area contributed by atoms with Crippen LogP contribution in [0, 0.1) is 0 Å². The van der Waals surface area contributed by atoms with Gasteiger partial charge in [0.2, 0.25) is 5.79 Å². The average molecular weight is 504 g/mol. The van der Waals surface area contributed by atoms with Gasteiger partial charge in [-0.2, -0.15) is 0 Å². The summed E-state index contributed by atoms with van der Waals surface area (Å²) in [6, 6.07) is 0. The largest absolute Gasteiger partial charge is 0.394 e. The van der Waals surface area contributed by atoms with Crippen LogP contribution in [-0.4, -0.2) is 168 Å². The maximum absolute atomic E-state index is 10.6. The minimum Gasteiger partial charge on any atom is -0.394 e. The van der Waals surface area contributed by atoms with Gasteiger partial charge in [-0.05, 0) is 0 Å². The minimum atomic E-state index is -2.43. The molecule has 16 nitrogen and oxygen atoms in total. The molecule has 14 atom stereocenters. The number of aliphatic hydroxyl groups excluding tert-OH is 11. The van der Waals surface area contributed by atoms with Crippen molar-refractivity contribution in [2.45, 2.75) is 85.5 Å². The Morgan fingerprint density at radius 1 is 0.559 bits per heavy atom. The predicted molar refractivity (Wildman–Crippen MR) is 101 cm³/mol. The second-order valence-electron chi connectivity index (χ2n) is 8.41. The standard InChI is InChI=1S/C18H32O16/c19-1-5-8(22)11(25)13(27)16(31-5)30-4-18(15(29)10(24)7(3-21)33-18)34-17-14(28)12(26)9(23)6(2-20)32-17/h5-17,19-29H,1-4H2/t5-,6-,7-,8+,9-,10-,11+,12+,13-,14-,15+,16+,17-,18+/m1/s1. The first kappa shape index (κ1) is 27.9. The molecule has 3 aliphatic rings. The number of aliphatic hydroxyl groups is 11. The Labute approximate surface area is 192 Å². The zero-order chi connectivity index (χ0) is 25.4. The SMILES string of the molecule is OC[C@H]1O[C@H](OC[C@@]2(O[C@H]3O[C@H](CO)[C@@H](O)[C@H](O)[C@H]3O)O[C@H](CO)[C@@H](O)[C@@H]2O)[C@H](O)[C@@H](O)[C@H]1O. The average Bonchev–Trinajstić information content (AvgIpc) is 3.07. The Morgan fingerprint density at radius 2 is 1.03 bits per heavy atom. The van der Waals surface area contributed by atoms with Crippen LogP contribution in [0.3, 0.4) is 0 Å². The van der Waals surface area contributed by atoms with E-state index in [2.05, 4.69) is 0 Å². The monoisotopic (exact) mass is 504 g/mol. The van der Waals surface area contributed by atoms with Gasteiger partial charge >= 0.3 is 0 Å². The van der Waals surface area contributed by atoms with Crippen LogP contribution in [0.2, 0.25) is 0 Å². The van der Waals surface area contributed by atoms with Gasteiger partial charge in [0.25, 0.3) is 0 Å². The lowest BCUT2D eigenvalue weighted by molar-refractivity contribution is -0.397. The lowest BCUT2D eigenvalue weighted by atomic mass is 9.98. The van der Waals surface area contributed by atoms with Gasteiger partial charge in [-0.25, -0.2) is 0 Å². The molecule has 0 spiro atoms. The van der Waals surface area contributed by atoms with Gasteiger partial charge in [0, 0.05) is 0 Å². The molecule has 3 rings (SSSR count). The number of hydrogen-bond acceptors (Lipinski definition) is 16. The van der Waals surface area contributed by atoms with Crippen molar-refractivity contribution >= 4 is 0 Å². The van der Waals surface area contributed by atoms with Gasteiger partial charge in [0.1, 0.15) is 73.8 Å². The highest BCUT2D eigenvalue weighted by Gasteiger charge is 2.59. The Bertz CT molecular complexity index is 651. The van der Waals surface area contributed by atoms with E-state index < -0.39 is 112 Å². The summed E-state index contributed by atoms with van der Waals surface area (Å²) in [6.45, 7) is -3.23. The van der Waals surface area contributed by atoms with Crippen LogP contribution in [0.15, 0.2) is 0 Å². The Hall–Kier alpha value is -0.640. The topological polar surface area (TPSA) is 269 Å². The first-order valence-corrected chi connectivity index (χ1v) is 10.6. The van der Waals surface area contributed by atoms with E-state index in [0.717, 1.165) is 0 Å². The summed E-state index contributed by atoms with van der Waals surface area (Å²) < 4.78 is 26.8. The van der Waals surface area contributed by atoms with Gasteiger partial charge in [-0.3, -0.25) is 0 Å². The molecule has 0 aromatic rings. The number of hydrogen-bond donors (Lipinski definition) is 11. The van der Waals surface area contributed by atoms with Gasteiger partial charge < -0.3 is 79.9 Å². The quantitative estimate of drug-likeness (QED) is 0.146. The first-order valence-electron chi connectivity index (χ1n) is 10.6. The highest BCUT2D eigenvalue weighted by molar-refractivity contribution is 4.99. The van der Waals surface area contributed by atoms with Crippen LogP contribution in [0.4, 0.5) is 0 Å². The van der Waals surface area contributed by atoms with Crippen molar-refractivity contribution in [3.05, 3.63) is 0 Å². The van der Waals surface area contributed by atoms with Crippen molar-refractivity contribution in [3.63, 3.8) is 0 Å². The fourth-order valence-corrected chi connectivity index (χ4v) is 4.02. The molecule has 0 unspecified atom stereocenters. The van der Waals surface area contributed by atoms with Crippen LogP contribution in [0.25, 0.3) is 0 Å². The molecule has 0 aromatic carbocycles. The normalized spacial score (nSPS) is 52.1. The smallest absolute Gasteiger partial charge is 0.224 e. The molecule has 200 valence electrons. The van der Waals surface area contributed by atoms with Crippen LogP contribution in [0.1, 0.15) is 0 Å². The van der Waals surface area contributed by atoms with Crippen molar-refractivity contribution in [1.29, 1.82) is 0 Å². The third-order valence-corrected chi connectivity index (χ3v) is 6.15. The van der Waals surface area contributed by atoms with E-state index in [4.69, 9.17) is 23.7 Å². The second-order valence-corrected chi connectivity index (χ2v) is 8.41. The maximum Gasteiger partial charge on any atom is 0.224 e. The number of rotatable bonds is 8. The Morgan fingerprint density at radius 3 is 1.50 bits per heavy atom. The molecule has 34 heavy (non-hydrogen) atoms. The van der Waals surface area contributed by atoms with Crippen molar-refractivity contribution in [3.8, 4) is 0 Å². The minimum absolute atomic E-state index is 0.748. The first-order chi connectivity index (χ1) is 16.0. The van der Waals surface area contributed by atoms with Crippen molar-refractivity contribution in [2.24, 2.45) is 0 Å². The van der Waals surface area contributed by atoms with Gasteiger partial charge in [0.05, 0.1) is 19.8 Å². The molecule has 0 aromatic heterocycles. The fourth-order valence-electron chi connectivity index (χ4n) is 4.02. The van der Waals surface area contributed by atoms with E-state index in [9.17, 15) is 56.2 Å². The molecule has 0 radical (unpaired) electrons. The third kappa shape index (κ3) is 5.09. The zero-order valence-corrected chi connectivity index (χ0v) is 17.8. The summed E-state index contributed by atoms with van der Waals surface area (Å²) in [6.07, 6.45) is -22.2. The highest BCUT2D eigenvalue weighted by atomic mass is 16.8. The molecule has 0 aliphatic carbocycles. The zero-order valence-electron chi connectivity index (χ0n) is 17.8. The van der Waals surface area contributed by atoms with Crippen molar-refractivity contribution in [2.75, 3.05) is 26.4 Å². The molecule has 16 heteroatoms. The molecule has 3 heterocycles. The lowest BCUT2D eigenvalue weighted by Gasteiger charge is -2.44. The van der Waals surface area contributed by atoms with Crippen LogP contribution in [0.5, 0.6) is 0 Å². The van der Waals surface area contributed by atoms with Gasteiger partial charge in [-0.1, -0.05) is 0 Å². The summed E-state index contributed by atoms with van der Waals surface area (Å²) in [4.78, 5) is 0. The summed E-state index contributed by atoms with van der Waals surface area (Å²) in [5, 5.41) is 109. The van der Waals surface area contributed by atoms with Gasteiger partial charge in [0.15, 0.2) is 12.6 Å². The van der Waals surface area contributed by atoms with Crippen LogP contribution < -0.4 is 0 Å².